The molecule has 0 aliphatic heterocycles. The lowest BCUT2D eigenvalue weighted by Gasteiger charge is -2.15. The second-order valence-corrected chi connectivity index (χ2v) is 4.91. The molecule has 0 saturated heterocycles. The Kier molecular flexibility index (Phi) is 5.79. The van der Waals surface area contributed by atoms with Crippen LogP contribution >= 0.6 is 0 Å². The first-order chi connectivity index (χ1) is 10.2. The van der Waals surface area contributed by atoms with E-state index in [1.165, 1.54) is 19.1 Å². The van der Waals surface area contributed by atoms with Gasteiger partial charge in [-0.1, -0.05) is 0 Å². The van der Waals surface area contributed by atoms with Gasteiger partial charge in [-0.25, -0.2) is 4.79 Å². The highest BCUT2D eigenvalue weighted by Crippen LogP contribution is 2.25. The van der Waals surface area contributed by atoms with Gasteiger partial charge in [-0.05, 0) is 42.8 Å². The number of carbonyl (C=O) groups is 2. The minimum atomic E-state index is -1.10. The smallest absolute Gasteiger partial charge is 0.406 e. The number of ether oxygens (including phenoxy) is 1. The molecule has 9 heteroatoms. The Bertz CT molecular complexity index is 588. The molecule has 120 valence electrons. The zero-order valence-electron chi connectivity index (χ0n) is 12.7. The van der Waals surface area contributed by atoms with Crippen LogP contribution in [0, 0.1) is 17.0 Å². The second-order valence-electron chi connectivity index (χ2n) is 4.91. The molecule has 0 aliphatic carbocycles. The fraction of sp³-hybridized carbons (Fsp3) is 0.462. The lowest BCUT2D eigenvalue weighted by atomic mass is 10.3. The second kappa shape index (κ2) is 7.34. The third-order valence-electron chi connectivity index (χ3n) is 2.48. The number of aryl methyl sites for hydroxylation is 1. The van der Waals surface area contributed by atoms with Gasteiger partial charge in [0.1, 0.15) is 5.69 Å². The normalized spacial score (nSPS) is 11.7. The average molecular weight is 310 g/mol. The maximum atomic E-state index is 11.8. The van der Waals surface area contributed by atoms with E-state index < -0.39 is 28.8 Å². The molecule has 0 fully saturated rings. The number of nitrogens with zero attached hydrogens (tertiary/aromatic N) is 2. The van der Waals surface area contributed by atoms with E-state index in [1.54, 1.807) is 20.8 Å². The van der Waals surface area contributed by atoms with Crippen molar-refractivity contribution < 1.29 is 19.2 Å². The molecule has 0 unspecified atom stereocenters. The van der Waals surface area contributed by atoms with E-state index >= 15 is 0 Å². The van der Waals surface area contributed by atoms with Crippen LogP contribution in [0.2, 0.25) is 0 Å². The Balaban J connectivity index is 2.76. The molecular weight excluding hydrogens is 292 g/mol. The van der Waals surface area contributed by atoms with Crippen molar-refractivity contribution in [2.24, 2.45) is 0 Å². The summed E-state index contributed by atoms with van der Waals surface area (Å²) in [6, 6.07) is 2.09. The van der Waals surface area contributed by atoms with Gasteiger partial charge in [0.25, 0.3) is 5.91 Å². The van der Waals surface area contributed by atoms with E-state index in [4.69, 9.17) is 4.74 Å². The number of pyridine rings is 1. The molecule has 0 aliphatic rings. The van der Waals surface area contributed by atoms with E-state index in [2.05, 4.69) is 15.6 Å². The summed E-state index contributed by atoms with van der Waals surface area (Å²) in [4.78, 5) is 37.2. The summed E-state index contributed by atoms with van der Waals surface area (Å²) in [5.41, 5.74) is 0.451. The number of rotatable bonds is 5. The van der Waals surface area contributed by atoms with Gasteiger partial charge in [0.2, 0.25) is 5.75 Å². The molecule has 1 rings (SSSR count). The molecule has 9 nitrogen and oxygen atoms in total. The molecular formula is C13H18N4O5. The van der Waals surface area contributed by atoms with Gasteiger partial charge < -0.3 is 20.2 Å². The number of urea groups is 1. The van der Waals surface area contributed by atoms with Gasteiger partial charge >= 0.3 is 11.8 Å². The number of aromatic nitrogens is 1. The largest absolute Gasteiger partial charge is 0.473 e. The van der Waals surface area contributed by atoms with E-state index in [-0.39, 0.29) is 11.8 Å². The number of nitrogens with one attached hydrogen (secondary N) is 2. The summed E-state index contributed by atoms with van der Waals surface area (Å²) < 4.78 is 5.23. The summed E-state index contributed by atoms with van der Waals surface area (Å²) in [6.45, 7) is 6.46. The molecule has 0 bridgehead atoms. The van der Waals surface area contributed by atoms with Crippen LogP contribution in [0.5, 0.6) is 5.75 Å². The van der Waals surface area contributed by atoms with Crippen LogP contribution in [0.15, 0.2) is 12.1 Å². The van der Waals surface area contributed by atoms with Gasteiger partial charge in [0.15, 0.2) is 6.10 Å². The highest BCUT2D eigenvalue weighted by atomic mass is 16.6. The maximum Gasteiger partial charge on any atom is 0.406 e. The molecule has 0 saturated carbocycles. The number of hydrogen-bond acceptors (Lipinski definition) is 6. The number of nitro groups is 1. The third kappa shape index (κ3) is 5.00. The predicted molar refractivity (Wildman–Crippen MR) is 77.5 cm³/mol. The molecule has 3 amide bonds. The first-order valence-corrected chi connectivity index (χ1v) is 6.60. The predicted octanol–water partition coefficient (Wildman–Crippen LogP) is 1.30. The monoisotopic (exact) mass is 310 g/mol. The van der Waals surface area contributed by atoms with Crippen LogP contribution in [0.1, 0.15) is 26.5 Å². The van der Waals surface area contributed by atoms with Crippen molar-refractivity contribution in [3.05, 3.63) is 27.9 Å². The molecule has 1 heterocycles. The summed E-state index contributed by atoms with van der Waals surface area (Å²) in [5.74, 6) is -1.33. The van der Waals surface area contributed by atoms with Crippen LogP contribution in [-0.4, -0.2) is 34.0 Å². The summed E-state index contributed by atoms with van der Waals surface area (Å²) in [7, 11) is 0. The Morgan fingerprint density at radius 1 is 1.32 bits per heavy atom. The van der Waals surface area contributed by atoms with Crippen molar-refractivity contribution in [1.29, 1.82) is 0 Å². The van der Waals surface area contributed by atoms with Gasteiger partial charge in [-0.2, -0.15) is 0 Å². The molecule has 0 spiro atoms. The van der Waals surface area contributed by atoms with E-state index in [9.17, 15) is 19.7 Å². The van der Waals surface area contributed by atoms with Crippen LogP contribution in [0.3, 0.4) is 0 Å². The lowest BCUT2D eigenvalue weighted by Crippen LogP contribution is -2.47. The molecule has 1 aromatic rings. The van der Waals surface area contributed by atoms with Gasteiger partial charge in [0.05, 0.1) is 0 Å². The van der Waals surface area contributed by atoms with E-state index in [1.807, 2.05) is 0 Å². The lowest BCUT2D eigenvalue weighted by molar-refractivity contribution is -0.390. The fourth-order valence-electron chi connectivity index (χ4n) is 1.51. The highest BCUT2D eigenvalue weighted by molar-refractivity contribution is 5.96. The maximum absolute atomic E-state index is 11.8. The van der Waals surface area contributed by atoms with Crippen LogP contribution < -0.4 is 15.4 Å². The number of amides is 3. The van der Waals surface area contributed by atoms with Crippen LogP contribution in [0.25, 0.3) is 0 Å². The van der Waals surface area contributed by atoms with Crippen molar-refractivity contribution in [3.63, 3.8) is 0 Å². The fourth-order valence-corrected chi connectivity index (χ4v) is 1.51. The molecule has 2 N–H and O–H groups in total. The quantitative estimate of drug-likeness (QED) is 0.624. The van der Waals surface area contributed by atoms with Gasteiger partial charge in [-0.3, -0.25) is 10.1 Å². The van der Waals surface area contributed by atoms with Crippen molar-refractivity contribution in [2.45, 2.75) is 39.8 Å². The van der Waals surface area contributed by atoms with Gasteiger partial charge in [0, 0.05) is 13.0 Å². The first kappa shape index (κ1) is 17.3. The Hall–Kier alpha value is -2.71. The Labute approximate surface area is 127 Å². The highest BCUT2D eigenvalue weighted by Gasteiger charge is 2.23. The zero-order valence-corrected chi connectivity index (χ0v) is 12.7. The van der Waals surface area contributed by atoms with Crippen molar-refractivity contribution >= 4 is 17.8 Å². The summed E-state index contributed by atoms with van der Waals surface area (Å²) in [6.07, 6.45) is -1.10. The first-order valence-electron chi connectivity index (χ1n) is 6.60. The minimum Gasteiger partial charge on any atom is -0.473 e. The summed E-state index contributed by atoms with van der Waals surface area (Å²) in [5, 5.41) is 15.5. The Morgan fingerprint density at radius 2 is 1.95 bits per heavy atom. The molecule has 1 aromatic heterocycles. The molecule has 0 radical (unpaired) electrons. The summed E-state index contributed by atoms with van der Waals surface area (Å²) >= 11 is 0. The SMILES string of the molecule is Cc1ccc(O[C@@H](C)C(=O)NC(=O)NC(C)C)c([N+](=O)[O-])n1. The number of carbonyl (C=O) groups excluding carboxylic acids is 2. The minimum absolute atomic E-state index is 0.133. The number of imide groups is 1. The van der Waals surface area contributed by atoms with Crippen LogP contribution in [-0.2, 0) is 4.79 Å². The van der Waals surface area contributed by atoms with E-state index in [0.717, 1.165) is 0 Å². The van der Waals surface area contributed by atoms with Crippen molar-refractivity contribution in [2.75, 3.05) is 0 Å². The van der Waals surface area contributed by atoms with Crippen molar-refractivity contribution in [3.8, 4) is 5.75 Å². The zero-order chi connectivity index (χ0) is 16.9. The standard InChI is InChI=1S/C13H18N4O5/c1-7(2)14-13(19)16-12(18)9(4)22-10-6-5-8(3)15-11(10)17(20)21/h5-7,9H,1-4H3,(H2,14,16,18,19)/t9-/m0/s1. The third-order valence-corrected chi connectivity index (χ3v) is 2.48. The molecule has 22 heavy (non-hydrogen) atoms. The van der Waals surface area contributed by atoms with E-state index in [0.29, 0.717) is 5.69 Å². The molecule has 0 aromatic carbocycles. The van der Waals surface area contributed by atoms with Crippen LogP contribution in [0.4, 0.5) is 10.6 Å². The Morgan fingerprint density at radius 3 is 2.50 bits per heavy atom. The average Bonchev–Trinajstić information content (AvgIpc) is 2.39. The van der Waals surface area contributed by atoms with Crippen molar-refractivity contribution in [1.82, 2.24) is 15.6 Å². The number of hydrogen-bond donors (Lipinski definition) is 2. The topological polar surface area (TPSA) is 123 Å². The van der Waals surface area contributed by atoms with Gasteiger partial charge in [-0.15, -0.1) is 0 Å². The molecule has 1 atom stereocenters.